The van der Waals surface area contributed by atoms with Crippen LogP contribution >= 0.6 is 11.8 Å². The van der Waals surface area contributed by atoms with Crippen molar-refractivity contribution in [1.82, 2.24) is 19.6 Å². The van der Waals surface area contributed by atoms with Gasteiger partial charge in [-0.1, -0.05) is 6.92 Å². The molecule has 11 nitrogen and oxygen atoms in total. The van der Waals surface area contributed by atoms with E-state index in [0.29, 0.717) is 44.0 Å². The maximum absolute atomic E-state index is 13.2. The quantitative estimate of drug-likeness (QED) is 0.221. The van der Waals surface area contributed by atoms with E-state index in [1.54, 1.807) is 16.7 Å². The molecule has 180 valence electrons. The Morgan fingerprint density at radius 2 is 1.85 bits per heavy atom. The number of nitrogens with zero attached hydrogens (tertiary/aromatic N) is 4. The van der Waals surface area contributed by atoms with Gasteiger partial charge in [-0.05, 0) is 13.3 Å². The molecule has 0 spiro atoms. The van der Waals surface area contributed by atoms with Crippen molar-refractivity contribution in [3.63, 3.8) is 0 Å². The van der Waals surface area contributed by atoms with Crippen molar-refractivity contribution >= 4 is 42.2 Å². The fourth-order valence-electron chi connectivity index (χ4n) is 5.43. The monoisotopic (exact) mass is 478 g/mol. The minimum atomic E-state index is -1.16. The van der Waals surface area contributed by atoms with Crippen LogP contribution in [0.25, 0.3) is 0 Å². The van der Waals surface area contributed by atoms with Crippen LogP contribution in [0.15, 0.2) is 10.6 Å². The number of carboxylic acids is 1. The van der Waals surface area contributed by atoms with Gasteiger partial charge in [0.05, 0.1) is 30.7 Å². The molecule has 0 aromatic rings. The number of carboxylic acid groups (broad SMARTS) is 1. The summed E-state index contributed by atoms with van der Waals surface area (Å²) in [5, 5.41) is 34.9. The van der Waals surface area contributed by atoms with Gasteiger partial charge in [0.25, 0.3) is 0 Å². The maximum atomic E-state index is 13.2. The molecule has 4 aliphatic heterocycles. The number of amides is 2. The number of β-lactam (4-membered cyclic amide) rings is 1. The number of aliphatic hydroxyl groups excluding tert-OH is 1. The van der Waals surface area contributed by atoms with E-state index in [1.165, 1.54) is 29.3 Å². The molecule has 4 N–H and O–H groups in total. The van der Waals surface area contributed by atoms with Crippen LogP contribution in [0.5, 0.6) is 0 Å². The first kappa shape index (κ1) is 23.6. The molecule has 2 amide bonds. The summed E-state index contributed by atoms with van der Waals surface area (Å²) in [5.41, 5.74) is -0.0154. The standard InChI is InChI=1S/C21H30N6O5S/c1-11-16-15(12(2)28)20(30)27(16)17(21(31)32)18(11)33-13-7-14(26(8-13)10-23)19(29)25-5-3-24(9-22)4-6-25/h9-16,22-23,28H,3-8H2,1-2H3,(H,31,32)/t11?,12?,13?,14?,15?,16-/m0/s1. The summed E-state index contributed by atoms with van der Waals surface area (Å²) in [7, 11) is 0. The molecule has 3 fully saturated rings. The van der Waals surface area contributed by atoms with Crippen molar-refractivity contribution in [3.8, 4) is 0 Å². The maximum Gasteiger partial charge on any atom is 0.353 e. The third-order valence-electron chi connectivity index (χ3n) is 7.17. The normalized spacial score (nSPS) is 32.6. The van der Waals surface area contributed by atoms with Crippen molar-refractivity contribution in [1.29, 1.82) is 10.8 Å². The Kier molecular flexibility index (Phi) is 6.41. The predicted molar refractivity (Wildman–Crippen MR) is 122 cm³/mol. The average molecular weight is 479 g/mol. The van der Waals surface area contributed by atoms with Crippen LogP contribution in [0, 0.1) is 22.7 Å². The minimum absolute atomic E-state index is 0.0154. The van der Waals surface area contributed by atoms with E-state index in [0.717, 1.165) is 0 Å². The van der Waals surface area contributed by atoms with Crippen molar-refractivity contribution in [2.24, 2.45) is 11.8 Å². The number of likely N-dealkylation sites (tertiary alicyclic amines) is 1. The van der Waals surface area contributed by atoms with Gasteiger partial charge in [-0.25, -0.2) is 4.79 Å². The molecule has 0 saturated carbocycles. The number of aliphatic carboxylic acids is 1. The largest absolute Gasteiger partial charge is 0.477 e. The summed E-state index contributed by atoms with van der Waals surface area (Å²) in [6, 6.07) is -0.852. The lowest BCUT2D eigenvalue weighted by molar-refractivity contribution is -0.163. The second kappa shape index (κ2) is 8.98. The summed E-state index contributed by atoms with van der Waals surface area (Å²) in [6.45, 7) is 6.13. The topological polar surface area (TPSA) is 152 Å². The van der Waals surface area contributed by atoms with Crippen LogP contribution in [0.3, 0.4) is 0 Å². The van der Waals surface area contributed by atoms with E-state index in [-0.39, 0.29) is 34.7 Å². The zero-order chi connectivity index (χ0) is 24.0. The van der Waals surface area contributed by atoms with Gasteiger partial charge in [0.1, 0.15) is 11.7 Å². The van der Waals surface area contributed by atoms with Crippen LogP contribution in [0.4, 0.5) is 0 Å². The summed E-state index contributed by atoms with van der Waals surface area (Å²) in [4.78, 5) is 45.0. The highest BCUT2D eigenvalue weighted by Gasteiger charge is 2.60. The number of fused-ring (bicyclic) bond motifs is 1. The third kappa shape index (κ3) is 3.88. The van der Waals surface area contributed by atoms with E-state index in [9.17, 15) is 24.6 Å². The van der Waals surface area contributed by atoms with E-state index in [1.807, 2.05) is 11.8 Å². The number of hydrogen-bond acceptors (Lipinski definition) is 7. The van der Waals surface area contributed by atoms with E-state index in [2.05, 4.69) is 0 Å². The lowest BCUT2D eigenvalue weighted by Gasteiger charge is -2.46. The van der Waals surface area contributed by atoms with Gasteiger partial charge >= 0.3 is 5.97 Å². The highest BCUT2D eigenvalue weighted by atomic mass is 32.2. The Bertz CT molecular complexity index is 902. The molecule has 4 aliphatic rings. The molecule has 0 aliphatic carbocycles. The highest BCUT2D eigenvalue weighted by Crippen LogP contribution is 2.52. The van der Waals surface area contributed by atoms with Gasteiger partial charge < -0.3 is 29.8 Å². The molecule has 4 heterocycles. The molecule has 0 aromatic heterocycles. The lowest BCUT2D eigenvalue weighted by Crippen LogP contribution is -2.63. The van der Waals surface area contributed by atoms with Gasteiger partial charge in [0.15, 0.2) is 0 Å². The fraction of sp³-hybridized carbons (Fsp3) is 0.667. The predicted octanol–water partition coefficient (Wildman–Crippen LogP) is -0.325. The van der Waals surface area contributed by atoms with Gasteiger partial charge in [0, 0.05) is 48.8 Å². The fourth-order valence-corrected chi connectivity index (χ4v) is 6.97. The van der Waals surface area contributed by atoms with E-state index < -0.39 is 24.0 Å². The second-order valence-electron chi connectivity index (χ2n) is 9.08. The molecule has 4 rings (SSSR count). The molecule has 33 heavy (non-hydrogen) atoms. The van der Waals surface area contributed by atoms with Gasteiger partial charge in [0.2, 0.25) is 11.8 Å². The van der Waals surface area contributed by atoms with E-state index in [4.69, 9.17) is 10.8 Å². The van der Waals surface area contributed by atoms with Crippen molar-refractivity contribution in [3.05, 3.63) is 10.6 Å². The first-order valence-corrected chi connectivity index (χ1v) is 12.0. The zero-order valence-corrected chi connectivity index (χ0v) is 19.5. The number of piperazine rings is 1. The number of nitrogens with one attached hydrogen (secondary N) is 2. The molecule has 5 unspecified atom stereocenters. The molecule has 3 saturated heterocycles. The smallest absolute Gasteiger partial charge is 0.353 e. The molecule has 0 radical (unpaired) electrons. The minimum Gasteiger partial charge on any atom is -0.477 e. The Labute approximate surface area is 196 Å². The number of aliphatic hydroxyl groups is 1. The van der Waals surface area contributed by atoms with Crippen molar-refractivity contribution in [2.75, 3.05) is 32.7 Å². The van der Waals surface area contributed by atoms with Gasteiger partial charge in [-0.15, -0.1) is 11.8 Å². The third-order valence-corrected chi connectivity index (χ3v) is 8.66. The number of rotatable bonds is 7. The van der Waals surface area contributed by atoms with Crippen LogP contribution in [0.2, 0.25) is 0 Å². The lowest BCUT2D eigenvalue weighted by atomic mass is 9.79. The molecule has 6 atom stereocenters. The van der Waals surface area contributed by atoms with Crippen LogP contribution in [-0.2, 0) is 14.4 Å². The Morgan fingerprint density at radius 1 is 1.18 bits per heavy atom. The molecule has 0 bridgehead atoms. The first-order chi connectivity index (χ1) is 15.7. The summed E-state index contributed by atoms with van der Waals surface area (Å²) in [6.07, 6.45) is 2.07. The Hall–Kier alpha value is -2.60. The van der Waals surface area contributed by atoms with Crippen molar-refractivity contribution < 1.29 is 24.6 Å². The molecule has 12 heteroatoms. The summed E-state index contributed by atoms with van der Waals surface area (Å²) >= 11 is 1.38. The molecular formula is C21H30N6O5S. The zero-order valence-electron chi connectivity index (χ0n) is 18.7. The first-order valence-electron chi connectivity index (χ1n) is 11.1. The number of carbonyl (C=O) groups excluding carboxylic acids is 2. The number of thioether (sulfide) groups is 1. The Morgan fingerprint density at radius 3 is 2.39 bits per heavy atom. The van der Waals surface area contributed by atoms with Crippen LogP contribution in [0.1, 0.15) is 20.3 Å². The molecular weight excluding hydrogens is 448 g/mol. The molecule has 0 aromatic carbocycles. The van der Waals surface area contributed by atoms with E-state index >= 15 is 0 Å². The van der Waals surface area contributed by atoms with Crippen LogP contribution < -0.4 is 0 Å². The van der Waals surface area contributed by atoms with Gasteiger partial charge in [-0.2, -0.15) is 0 Å². The number of carbonyl (C=O) groups is 3. The summed E-state index contributed by atoms with van der Waals surface area (Å²) in [5.74, 6) is -2.41. The number of hydrogen-bond donors (Lipinski definition) is 4. The van der Waals surface area contributed by atoms with Crippen molar-refractivity contribution in [2.45, 2.75) is 43.7 Å². The summed E-state index contributed by atoms with van der Waals surface area (Å²) < 4.78 is 0. The van der Waals surface area contributed by atoms with Gasteiger partial charge in [-0.3, -0.25) is 20.4 Å². The Balaban J connectivity index is 1.48. The highest BCUT2D eigenvalue weighted by molar-refractivity contribution is 8.03. The second-order valence-corrected chi connectivity index (χ2v) is 10.4. The SMILES string of the molecule is CC(O)C1C(=O)N2C(C(=O)O)=C(SC3CC(C(=O)N4CCN(C=N)CC4)N(C=N)C3)C(C)[C@@H]12. The van der Waals surface area contributed by atoms with Crippen LogP contribution in [-0.4, -0.2) is 116 Å². The average Bonchev–Trinajstić information content (AvgIpc) is 3.30.